The zero-order valence-corrected chi connectivity index (χ0v) is 14.5. The van der Waals surface area contributed by atoms with E-state index < -0.39 is 0 Å². The Morgan fingerprint density at radius 2 is 2.13 bits per heavy atom. The smallest absolute Gasteiger partial charge is 0.216 e. The number of hydrogen-bond acceptors (Lipinski definition) is 3. The van der Waals surface area contributed by atoms with Crippen LogP contribution >= 0.6 is 28.1 Å². The van der Waals surface area contributed by atoms with E-state index in [2.05, 4.69) is 31.2 Å². The third-order valence-electron chi connectivity index (χ3n) is 3.20. The molecule has 0 aliphatic carbocycles. The van der Waals surface area contributed by atoms with Gasteiger partial charge in [0.25, 0.3) is 0 Å². The highest BCUT2D eigenvalue weighted by Crippen LogP contribution is 2.19. The van der Waals surface area contributed by atoms with Gasteiger partial charge in [-0.05, 0) is 43.4 Å². The van der Waals surface area contributed by atoms with Crippen molar-refractivity contribution < 1.29 is 4.39 Å². The van der Waals surface area contributed by atoms with Crippen molar-refractivity contribution in [2.75, 3.05) is 0 Å². The normalized spacial score (nSPS) is 11.3. The van der Waals surface area contributed by atoms with Gasteiger partial charge in [-0.15, -0.1) is 0 Å². The number of benzene rings is 2. The molecule has 4 nitrogen and oxygen atoms in total. The van der Waals surface area contributed by atoms with Crippen LogP contribution in [0.1, 0.15) is 11.1 Å². The van der Waals surface area contributed by atoms with Crippen LogP contribution in [0.2, 0.25) is 0 Å². The van der Waals surface area contributed by atoms with Gasteiger partial charge in [0, 0.05) is 15.6 Å². The Hall–Kier alpha value is -2.12. The highest BCUT2D eigenvalue weighted by Gasteiger charge is 2.08. The van der Waals surface area contributed by atoms with Crippen LogP contribution in [0.4, 0.5) is 4.39 Å². The second-order valence-electron chi connectivity index (χ2n) is 4.94. The summed E-state index contributed by atoms with van der Waals surface area (Å²) in [7, 11) is 0. The Bertz CT molecular complexity index is 945. The van der Waals surface area contributed by atoms with Gasteiger partial charge in [0.05, 0.1) is 6.21 Å². The van der Waals surface area contributed by atoms with Crippen LogP contribution in [-0.2, 0) is 0 Å². The van der Waals surface area contributed by atoms with Crippen molar-refractivity contribution in [1.29, 1.82) is 0 Å². The molecule has 0 aliphatic rings. The molecule has 0 aliphatic heterocycles. The average Bonchev–Trinajstić information content (AvgIpc) is 2.89. The van der Waals surface area contributed by atoms with E-state index in [1.165, 1.54) is 17.0 Å². The molecule has 23 heavy (non-hydrogen) atoms. The van der Waals surface area contributed by atoms with E-state index in [0.29, 0.717) is 16.2 Å². The maximum Gasteiger partial charge on any atom is 0.216 e. The topological polar surface area (TPSA) is 46.0 Å². The van der Waals surface area contributed by atoms with Crippen molar-refractivity contribution in [3.63, 3.8) is 0 Å². The standard InChI is InChI=1S/C16H12BrFN4S/c1-10-3-2-4-11(7-10)15-20-21-16(23)22(15)19-9-12-8-13(17)5-6-14(12)18/h2-9H,1H3,(H,21,23)/b19-9-. The maximum absolute atomic E-state index is 13.8. The van der Waals surface area contributed by atoms with Crippen LogP contribution in [0.5, 0.6) is 0 Å². The fraction of sp³-hybridized carbons (Fsp3) is 0.0625. The molecule has 0 saturated carbocycles. The van der Waals surface area contributed by atoms with Crippen molar-refractivity contribution in [2.45, 2.75) is 6.92 Å². The fourth-order valence-corrected chi connectivity index (χ4v) is 2.66. The Morgan fingerprint density at radius 1 is 1.30 bits per heavy atom. The Labute approximate surface area is 145 Å². The van der Waals surface area contributed by atoms with Crippen LogP contribution in [0.15, 0.2) is 52.0 Å². The average molecular weight is 391 g/mol. The lowest BCUT2D eigenvalue weighted by molar-refractivity contribution is 0.625. The molecule has 0 saturated heterocycles. The number of hydrogen-bond donors (Lipinski definition) is 1. The lowest BCUT2D eigenvalue weighted by Crippen LogP contribution is -1.96. The van der Waals surface area contributed by atoms with Gasteiger partial charge in [-0.1, -0.05) is 39.7 Å². The number of aromatic nitrogens is 3. The largest absolute Gasteiger partial charge is 0.250 e. The molecule has 2 aromatic carbocycles. The molecule has 1 heterocycles. The van der Waals surface area contributed by atoms with Crippen molar-refractivity contribution in [1.82, 2.24) is 14.9 Å². The molecule has 7 heteroatoms. The van der Waals surface area contributed by atoms with E-state index in [-0.39, 0.29) is 5.82 Å². The minimum Gasteiger partial charge on any atom is -0.250 e. The van der Waals surface area contributed by atoms with Gasteiger partial charge in [0.2, 0.25) is 4.77 Å². The highest BCUT2D eigenvalue weighted by molar-refractivity contribution is 9.10. The molecule has 0 amide bonds. The van der Waals surface area contributed by atoms with Crippen LogP contribution in [0.25, 0.3) is 11.4 Å². The number of aromatic amines is 1. The zero-order chi connectivity index (χ0) is 16.4. The minimum absolute atomic E-state index is 0.341. The molecular formula is C16H12BrFN4S. The number of nitrogens with one attached hydrogen (secondary N) is 1. The van der Waals surface area contributed by atoms with Crippen LogP contribution in [0.3, 0.4) is 0 Å². The van der Waals surface area contributed by atoms with Gasteiger partial charge in [0.15, 0.2) is 5.82 Å². The van der Waals surface area contributed by atoms with Crippen molar-refractivity contribution in [2.24, 2.45) is 5.10 Å². The fourth-order valence-electron chi connectivity index (χ4n) is 2.10. The molecule has 0 spiro atoms. The zero-order valence-electron chi connectivity index (χ0n) is 12.1. The Balaban J connectivity index is 2.04. The summed E-state index contributed by atoms with van der Waals surface area (Å²) in [5.41, 5.74) is 2.34. The van der Waals surface area contributed by atoms with Crippen LogP contribution in [-0.4, -0.2) is 21.1 Å². The summed E-state index contributed by atoms with van der Waals surface area (Å²) in [5, 5.41) is 11.2. The van der Waals surface area contributed by atoms with Gasteiger partial charge in [-0.25, -0.2) is 9.49 Å². The van der Waals surface area contributed by atoms with Crippen molar-refractivity contribution in [3.05, 3.63) is 68.7 Å². The lowest BCUT2D eigenvalue weighted by atomic mass is 10.1. The van der Waals surface area contributed by atoms with Gasteiger partial charge >= 0.3 is 0 Å². The van der Waals surface area contributed by atoms with E-state index in [9.17, 15) is 4.39 Å². The summed E-state index contributed by atoms with van der Waals surface area (Å²) >= 11 is 8.52. The quantitative estimate of drug-likeness (QED) is 0.520. The maximum atomic E-state index is 13.8. The van der Waals surface area contributed by atoms with E-state index >= 15 is 0 Å². The molecular weight excluding hydrogens is 379 g/mol. The van der Waals surface area contributed by atoms with E-state index in [0.717, 1.165) is 15.6 Å². The monoisotopic (exact) mass is 390 g/mol. The van der Waals surface area contributed by atoms with E-state index in [1.54, 1.807) is 12.1 Å². The third kappa shape index (κ3) is 3.46. The highest BCUT2D eigenvalue weighted by atomic mass is 79.9. The number of halogens is 2. The molecule has 3 aromatic rings. The molecule has 0 fully saturated rings. The second kappa shape index (κ2) is 6.55. The molecule has 0 bridgehead atoms. The summed E-state index contributed by atoms with van der Waals surface area (Å²) in [5.74, 6) is 0.217. The van der Waals surface area contributed by atoms with Crippen LogP contribution < -0.4 is 0 Å². The molecule has 116 valence electrons. The Kier molecular flexibility index (Phi) is 4.49. The SMILES string of the molecule is Cc1cccc(-c2n[nH]c(=S)n2/N=C\c2cc(Br)ccc2F)c1. The summed E-state index contributed by atoms with van der Waals surface area (Å²) < 4.78 is 16.4. The number of nitrogens with zero attached hydrogens (tertiary/aromatic N) is 3. The number of aryl methyl sites for hydroxylation is 1. The third-order valence-corrected chi connectivity index (χ3v) is 3.95. The molecule has 0 radical (unpaired) electrons. The predicted octanol–water partition coefficient (Wildman–Crippen LogP) is 4.70. The van der Waals surface area contributed by atoms with E-state index in [4.69, 9.17) is 12.2 Å². The van der Waals surface area contributed by atoms with E-state index in [1.807, 2.05) is 31.2 Å². The first kappa shape index (κ1) is 15.8. The summed E-state index contributed by atoms with van der Waals surface area (Å²) in [6, 6.07) is 12.5. The summed E-state index contributed by atoms with van der Waals surface area (Å²) in [4.78, 5) is 0. The van der Waals surface area contributed by atoms with Gasteiger partial charge in [-0.2, -0.15) is 14.9 Å². The molecule has 1 N–H and O–H groups in total. The number of H-pyrrole nitrogens is 1. The lowest BCUT2D eigenvalue weighted by Gasteiger charge is -2.02. The van der Waals surface area contributed by atoms with Gasteiger partial charge < -0.3 is 0 Å². The molecule has 3 rings (SSSR count). The first-order valence-corrected chi connectivity index (χ1v) is 7.98. The van der Waals surface area contributed by atoms with Gasteiger partial charge in [0.1, 0.15) is 5.82 Å². The molecule has 1 aromatic heterocycles. The Morgan fingerprint density at radius 3 is 2.91 bits per heavy atom. The number of rotatable bonds is 3. The summed E-state index contributed by atoms with van der Waals surface area (Å²) in [6.45, 7) is 2.00. The second-order valence-corrected chi connectivity index (χ2v) is 6.25. The molecule has 0 unspecified atom stereocenters. The first-order valence-electron chi connectivity index (χ1n) is 6.78. The predicted molar refractivity (Wildman–Crippen MR) is 94.7 cm³/mol. The van der Waals surface area contributed by atoms with Crippen molar-refractivity contribution >= 4 is 34.4 Å². The molecule has 0 atom stereocenters. The van der Waals surface area contributed by atoms with Crippen LogP contribution in [0, 0.1) is 17.5 Å². The minimum atomic E-state index is -0.357. The first-order chi connectivity index (χ1) is 11.0. The van der Waals surface area contributed by atoms with Crippen molar-refractivity contribution in [3.8, 4) is 11.4 Å². The summed E-state index contributed by atoms with van der Waals surface area (Å²) in [6.07, 6.45) is 1.42. The van der Waals surface area contributed by atoms with Gasteiger partial charge in [-0.3, -0.25) is 0 Å².